The van der Waals surface area contributed by atoms with Crippen molar-refractivity contribution in [3.63, 3.8) is 0 Å². The normalized spacial score (nSPS) is 9.55. The van der Waals surface area contributed by atoms with Gasteiger partial charge < -0.3 is 4.74 Å². The molecule has 58 valence electrons. The van der Waals surface area contributed by atoms with Crippen LogP contribution >= 0.6 is 0 Å². The average molecular weight is 151 g/mol. The molecule has 1 rings (SSSR count). The molecular weight excluding hydrogens is 142 g/mol. The van der Waals surface area contributed by atoms with Gasteiger partial charge in [-0.1, -0.05) is 0 Å². The van der Waals surface area contributed by atoms with Crippen molar-refractivity contribution in [1.82, 2.24) is 4.98 Å². The molecule has 0 bridgehead atoms. The summed E-state index contributed by atoms with van der Waals surface area (Å²) in [5.41, 5.74) is 1.46. The monoisotopic (exact) mass is 151 g/mol. The second-order valence-electron chi connectivity index (χ2n) is 2.13. The van der Waals surface area contributed by atoms with Gasteiger partial charge in [-0.15, -0.1) is 0 Å². The Balaban J connectivity index is 2.92. The second-order valence-corrected chi connectivity index (χ2v) is 2.13. The third-order valence-corrected chi connectivity index (χ3v) is 1.37. The Hall–Kier alpha value is -1.22. The lowest BCUT2D eigenvalue weighted by Crippen LogP contribution is -1.94. The molecule has 0 radical (unpaired) electrons. The number of hydrogen-bond donors (Lipinski definition) is 0. The zero-order chi connectivity index (χ0) is 8.10. The van der Waals surface area contributed by atoms with Crippen LogP contribution in [0.15, 0.2) is 18.5 Å². The summed E-state index contributed by atoms with van der Waals surface area (Å²) in [4.78, 5) is 14.3. The summed E-state index contributed by atoms with van der Waals surface area (Å²) in [6.07, 6.45) is 4.02. The van der Waals surface area contributed by atoms with E-state index in [-0.39, 0.29) is 0 Å². The average Bonchev–Trinajstić information content (AvgIpc) is 2.06. The van der Waals surface area contributed by atoms with Gasteiger partial charge in [0.2, 0.25) is 0 Å². The van der Waals surface area contributed by atoms with Gasteiger partial charge >= 0.3 is 0 Å². The van der Waals surface area contributed by atoms with E-state index < -0.39 is 0 Å². The van der Waals surface area contributed by atoms with Gasteiger partial charge in [-0.25, -0.2) is 0 Å². The molecule has 0 atom stereocenters. The molecule has 0 aromatic carbocycles. The highest BCUT2D eigenvalue weighted by Gasteiger charge is 1.98. The first-order chi connectivity index (χ1) is 5.38. The lowest BCUT2D eigenvalue weighted by molar-refractivity contribution is 0.111. The molecule has 1 aromatic rings. The van der Waals surface area contributed by atoms with Gasteiger partial charge in [0.1, 0.15) is 0 Å². The molecule has 0 aliphatic heterocycles. The smallest absolute Gasteiger partial charge is 0.150 e. The lowest BCUT2D eigenvalue weighted by Gasteiger charge is -2.00. The zero-order valence-electron chi connectivity index (χ0n) is 6.28. The fourth-order valence-corrected chi connectivity index (χ4v) is 0.829. The molecule has 1 aromatic heterocycles. The number of rotatable bonds is 3. The van der Waals surface area contributed by atoms with Crippen molar-refractivity contribution in [3.8, 4) is 0 Å². The zero-order valence-corrected chi connectivity index (χ0v) is 6.28. The predicted octanol–water partition coefficient (Wildman–Crippen LogP) is 1.04. The number of methoxy groups -OCH3 is 1. The largest absolute Gasteiger partial charge is 0.380 e. The Morgan fingerprint density at radius 2 is 2.55 bits per heavy atom. The number of aromatic nitrogens is 1. The van der Waals surface area contributed by atoms with E-state index in [0.717, 1.165) is 11.8 Å². The van der Waals surface area contributed by atoms with Crippen LogP contribution in [0.5, 0.6) is 0 Å². The first-order valence-electron chi connectivity index (χ1n) is 3.25. The summed E-state index contributed by atoms with van der Waals surface area (Å²) in [6, 6.07) is 1.67. The van der Waals surface area contributed by atoms with Gasteiger partial charge in [-0.2, -0.15) is 0 Å². The topological polar surface area (TPSA) is 39.2 Å². The summed E-state index contributed by atoms with van der Waals surface area (Å²) in [5, 5.41) is 0. The predicted molar refractivity (Wildman–Crippen MR) is 40.3 cm³/mol. The third kappa shape index (κ3) is 1.85. The quantitative estimate of drug-likeness (QED) is 0.606. The van der Waals surface area contributed by atoms with Crippen molar-refractivity contribution >= 4 is 6.29 Å². The van der Waals surface area contributed by atoms with Gasteiger partial charge in [0.15, 0.2) is 6.29 Å². The van der Waals surface area contributed by atoms with E-state index in [4.69, 9.17) is 4.74 Å². The Morgan fingerprint density at radius 1 is 1.73 bits per heavy atom. The molecule has 0 saturated carbocycles. The Bertz CT molecular complexity index is 248. The molecule has 0 saturated heterocycles. The number of nitrogens with zero attached hydrogens (tertiary/aromatic N) is 1. The fraction of sp³-hybridized carbons (Fsp3) is 0.250. The lowest BCUT2D eigenvalue weighted by atomic mass is 10.2. The molecule has 0 unspecified atom stereocenters. The van der Waals surface area contributed by atoms with E-state index >= 15 is 0 Å². The molecule has 0 N–H and O–H groups in total. The van der Waals surface area contributed by atoms with Crippen LogP contribution in [0.25, 0.3) is 0 Å². The van der Waals surface area contributed by atoms with E-state index in [2.05, 4.69) is 4.98 Å². The van der Waals surface area contributed by atoms with Gasteiger partial charge in [-0.05, 0) is 6.07 Å². The Morgan fingerprint density at radius 3 is 3.18 bits per heavy atom. The number of carbonyl (C=O) groups excluding carboxylic acids is 1. The van der Waals surface area contributed by atoms with Crippen molar-refractivity contribution in [2.75, 3.05) is 7.11 Å². The summed E-state index contributed by atoms with van der Waals surface area (Å²) >= 11 is 0. The highest BCUT2D eigenvalue weighted by Crippen LogP contribution is 2.04. The highest BCUT2D eigenvalue weighted by molar-refractivity contribution is 5.76. The highest BCUT2D eigenvalue weighted by atomic mass is 16.5. The molecule has 0 aliphatic carbocycles. The maximum atomic E-state index is 10.4. The SMILES string of the molecule is COCc1cnccc1C=O. The number of carbonyl (C=O) groups is 1. The molecule has 3 heteroatoms. The van der Waals surface area contributed by atoms with Crippen LogP contribution in [-0.4, -0.2) is 18.4 Å². The van der Waals surface area contributed by atoms with Crippen LogP contribution in [-0.2, 0) is 11.3 Å². The molecular formula is C8H9NO2. The first-order valence-corrected chi connectivity index (χ1v) is 3.25. The number of hydrogen-bond acceptors (Lipinski definition) is 3. The van der Waals surface area contributed by atoms with Crippen molar-refractivity contribution in [2.24, 2.45) is 0 Å². The summed E-state index contributed by atoms with van der Waals surface area (Å²) < 4.78 is 4.87. The van der Waals surface area contributed by atoms with Crippen molar-refractivity contribution in [1.29, 1.82) is 0 Å². The van der Waals surface area contributed by atoms with Gasteiger partial charge in [0.25, 0.3) is 0 Å². The third-order valence-electron chi connectivity index (χ3n) is 1.37. The second kappa shape index (κ2) is 3.83. The van der Waals surface area contributed by atoms with E-state index in [1.54, 1.807) is 25.6 Å². The van der Waals surface area contributed by atoms with Gasteiger partial charge in [0.05, 0.1) is 6.61 Å². The van der Waals surface area contributed by atoms with E-state index in [1.165, 1.54) is 0 Å². The number of ether oxygens (including phenoxy) is 1. The van der Waals surface area contributed by atoms with Crippen LogP contribution < -0.4 is 0 Å². The van der Waals surface area contributed by atoms with Crippen LogP contribution in [0.4, 0.5) is 0 Å². The molecule has 11 heavy (non-hydrogen) atoms. The molecule has 0 aliphatic rings. The molecule has 1 heterocycles. The van der Waals surface area contributed by atoms with Crippen LogP contribution in [0.1, 0.15) is 15.9 Å². The Labute approximate surface area is 65.0 Å². The van der Waals surface area contributed by atoms with Crippen LogP contribution in [0.3, 0.4) is 0 Å². The minimum Gasteiger partial charge on any atom is -0.380 e. The first kappa shape index (κ1) is 7.88. The van der Waals surface area contributed by atoms with Crippen molar-refractivity contribution in [3.05, 3.63) is 29.6 Å². The van der Waals surface area contributed by atoms with Crippen molar-refractivity contribution < 1.29 is 9.53 Å². The Kier molecular flexibility index (Phi) is 2.74. The van der Waals surface area contributed by atoms with Crippen LogP contribution in [0.2, 0.25) is 0 Å². The molecule has 0 fully saturated rings. The van der Waals surface area contributed by atoms with E-state index in [0.29, 0.717) is 12.2 Å². The number of pyridine rings is 1. The molecule has 0 spiro atoms. The van der Waals surface area contributed by atoms with Crippen LogP contribution in [0, 0.1) is 0 Å². The molecule has 3 nitrogen and oxygen atoms in total. The number of aldehydes is 1. The summed E-state index contributed by atoms with van der Waals surface area (Å²) in [7, 11) is 1.58. The van der Waals surface area contributed by atoms with E-state index in [9.17, 15) is 4.79 Å². The van der Waals surface area contributed by atoms with Gasteiger partial charge in [0, 0.05) is 30.6 Å². The minimum atomic E-state index is 0.432. The van der Waals surface area contributed by atoms with E-state index in [1.807, 2.05) is 0 Å². The fourth-order valence-electron chi connectivity index (χ4n) is 0.829. The van der Waals surface area contributed by atoms with Crippen molar-refractivity contribution in [2.45, 2.75) is 6.61 Å². The molecule has 0 amide bonds. The maximum absolute atomic E-state index is 10.4. The summed E-state index contributed by atoms with van der Waals surface area (Å²) in [5.74, 6) is 0. The minimum absolute atomic E-state index is 0.432. The summed E-state index contributed by atoms with van der Waals surface area (Å²) in [6.45, 7) is 0.432. The van der Waals surface area contributed by atoms with Gasteiger partial charge in [-0.3, -0.25) is 9.78 Å². The standard InChI is InChI=1S/C8H9NO2/c1-11-6-8-4-9-3-2-7(8)5-10/h2-5H,6H2,1H3. The maximum Gasteiger partial charge on any atom is 0.150 e.